The van der Waals surface area contributed by atoms with E-state index in [-0.39, 0.29) is 17.8 Å². The predicted octanol–water partition coefficient (Wildman–Crippen LogP) is 2.94. The second kappa shape index (κ2) is 7.40. The van der Waals surface area contributed by atoms with Gasteiger partial charge in [-0.05, 0) is 37.0 Å². The van der Waals surface area contributed by atoms with E-state index in [1.807, 2.05) is 13.0 Å². The molecular weight excluding hydrogens is 287 g/mol. The van der Waals surface area contributed by atoms with Gasteiger partial charge < -0.3 is 14.6 Å². The molecule has 1 unspecified atom stereocenters. The zero-order valence-corrected chi connectivity index (χ0v) is 12.8. The smallest absolute Gasteiger partial charge is 0.347 e. The molecule has 4 nitrogen and oxygen atoms in total. The molecule has 1 heterocycles. The van der Waals surface area contributed by atoms with E-state index in [2.05, 4.69) is 0 Å². The Bertz CT molecular complexity index is 554. The normalized spacial score (nSPS) is 20.9. The van der Waals surface area contributed by atoms with E-state index < -0.39 is 17.9 Å². The molecule has 1 N–H and O–H groups in total. The Balaban J connectivity index is 1.97. The number of rotatable bonds is 6. The maximum absolute atomic E-state index is 14.0. The Morgan fingerprint density at radius 3 is 2.86 bits per heavy atom. The number of esters is 1. The van der Waals surface area contributed by atoms with Gasteiger partial charge in [0.1, 0.15) is 0 Å². The molecule has 2 rings (SSSR count). The van der Waals surface area contributed by atoms with Crippen LogP contribution in [0, 0.1) is 11.7 Å². The molecule has 1 aliphatic heterocycles. The van der Waals surface area contributed by atoms with Gasteiger partial charge in [0, 0.05) is 6.42 Å². The van der Waals surface area contributed by atoms with Crippen molar-refractivity contribution in [3.63, 3.8) is 0 Å². The first-order valence-corrected chi connectivity index (χ1v) is 7.45. The van der Waals surface area contributed by atoms with Crippen LogP contribution in [0.25, 0.3) is 6.08 Å². The number of allylic oxidation sites excluding steroid dienone is 1. The molecule has 1 saturated heterocycles. The van der Waals surface area contributed by atoms with Gasteiger partial charge in [0.15, 0.2) is 17.7 Å². The minimum Gasteiger partial charge on any atom is -0.476 e. The molecule has 0 radical (unpaired) electrons. The molecule has 0 bridgehead atoms. The minimum atomic E-state index is -0.720. The lowest BCUT2D eigenvalue weighted by atomic mass is 10.0. The highest BCUT2D eigenvalue weighted by Gasteiger charge is 2.29. The number of benzene rings is 1. The van der Waals surface area contributed by atoms with Gasteiger partial charge >= 0.3 is 5.97 Å². The molecule has 1 aliphatic rings. The van der Waals surface area contributed by atoms with Gasteiger partial charge in [-0.2, -0.15) is 0 Å². The summed E-state index contributed by atoms with van der Waals surface area (Å²) in [6.07, 6.45) is 3.77. The summed E-state index contributed by atoms with van der Waals surface area (Å²) in [5, 5.41) is 9.41. The molecule has 1 aromatic rings. The lowest BCUT2D eigenvalue weighted by Crippen LogP contribution is -2.22. The number of carbonyl (C=O) groups excluding carboxylic acids is 1. The lowest BCUT2D eigenvalue weighted by Gasteiger charge is -2.12. The average molecular weight is 308 g/mol. The molecule has 120 valence electrons. The van der Waals surface area contributed by atoms with Crippen molar-refractivity contribution in [1.82, 2.24) is 0 Å². The third kappa shape index (κ3) is 4.31. The summed E-state index contributed by atoms with van der Waals surface area (Å²) in [4.78, 5) is 11.3. The first-order chi connectivity index (χ1) is 10.5. The van der Waals surface area contributed by atoms with Gasteiger partial charge in [-0.25, -0.2) is 9.18 Å². The fourth-order valence-electron chi connectivity index (χ4n) is 2.07. The fourth-order valence-corrected chi connectivity index (χ4v) is 2.07. The van der Waals surface area contributed by atoms with Gasteiger partial charge in [-0.1, -0.05) is 25.1 Å². The topological polar surface area (TPSA) is 55.8 Å². The van der Waals surface area contributed by atoms with Crippen LogP contribution in [-0.4, -0.2) is 29.9 Å². The summed E-state index contributed by atoms with van der Waals surface area (Å²) < 4.78 is 24.1. The number of ether oxygens (including phenoxy) is 2. The molecule has 22 heavy (non-hydrogen) atoms. The summed E-state index contributed by atoms with van der Waals surface area (Å²) >= 11 is 0. The maximum atomic E-state index is 14.0. The summed E-state index contributed by atoms with van der Waals surface area (Å²) in [5.41, 5.74) is 0.705. The fraction of sp³-hybridized carbons (Fsp3) is 0.471. The molecule has 5 heteroatoms. The minimum absolute atomic E-state index is 0.0540. The van der Waals surface area contributed by atoms with Crippen LogP contribution in [0.3, 0.4) is 0 Å². The molecule has 0 amide bonds. The molecular formula is C17H21FO4. The molecule has 0 saturated carbocycles. The second-order valence-corrected chi connectivity index (χ2v) is 5.61. The summed E-state index contributed by atoms with van der Waals surface area (Å²) in [5.74, 6) is -0.753. The van der Waals surface area contributed by atoms with Crippen LogP contribution in [0.15, 0.2) is 24.3 Å². The van der Waals surface area contributed by atoms with Crippen LogP contribution >= 0.6 is 0 Å². The monoisotopic (exact) mass is 308 g/mol. The van der Waals surface area contributed by atoms with Crippen LogP contribution < -0.4 is 4.74 Å². The molecule has 0 aromatic heterocycles. The van der Waals surface area contributed by atoms with Crippen molar-refractivity contribution in [2.24, 2.45) is 5.92 Å². The van der Waals surface area contributed by atoms with Crippen LogP contribution in [0.4, 0.5) is 4.39 Å². The highest BCUT2D eigenvalue weighted by molar-refractivity contribution is 5.76. The SMILES string of the molecule is C[C@H](O)[C@H](C)C/C=C/c1ccc(OC2CCOC2=O)c(F)c1. The van der Waals surface area contributed by atoms with Crippen LogP contribution in [0.2, 0.25) is 0 Å². The standard InChI is InChI=1S/C17H21FO4/c1-11(12(2)19)4-3-5-13-6-7-15(14(18)10-13)22-16-8-9-21-17(16)20/h3,5-7,10-12,16,19H,4,8-9H2,1-2H3/b5-3+/t11-,12+,16?/m1/s1. The average Bonchev–Trinajstić information content (AvgIpc) is 2.87. The van der Waals surface area contributed by atoms with Crippen molar-refractivity contribution in [3.8, 4) is 5.75 Å². The van der Waals surface area contributed by atoms with E-state index in [1.54, 1.807) is 19.1 Å². The zero-order valence-electron chi connectivity index (χ0n) is 12.8. The van der Waals surface area contributed by atoms with Crippen LogP contribution in [0.5, 0.6) is 5.75 Å². The lowest BCUT2D eigenvalue weighted by molar-refractivity contribution is -0.143. The summed E-state index contributed by atoms with van der Waals surface area (Å²) in [6, 6.07) is 4.60. The number of aliphatic hydroxyl groups is 1. The first-order valence-electron chi connectivity index (χ1n) is 7.45. The van der Waals surface area contributed by atoms with Crippen LogP contribution in [0.1, 0.15) is 32.3 Å². The largest absolute Gasteiger partial charge is 0.476 e. The number of cyclic esters (lactones) is 1. The highest BCUT2D eigenvalue weighted by Crippen LogP contribution is 2.23. The Kier molecular flexibility index (Phi) is 5.55. The van der Waals surface area contributed by atoms with Gasteiger partial charge in [0.25, 0.3) is 0 Å². The predicted molar refractivity (Wildman–Crippen MR) is 80.9 cm³/mol. The van der Waals surface area contributed by atoms with E-state index in [0.29, 0.717) is 25.0 Å². The van der Waals surface area contributed by atoms with Crippen molar-refractivity contribution in [3.05, 3.63) is 35.7 Å². The van der Waals surface area contributed by atoms with E-state index in [1.165, 1.54) is 12.1 Å². The van der Waals surface area contributed by atoms with Crippen molar-refractivity contribution in [2.75, 3.05) is 6.61 Å². The van der Waals surface area contributed by atoms with E-state index >= 15 is 0 Å². The second-order valence-electron chi connectivity index (χ2n) is 5.61. The van der Waals surface area contributed by atoms with Crippen molar-refractivity contribution in [1.29, 1.82) is 0 Å². The van der Waals surface area contributed by atoms with Gasteiger partial charge in [-0.3, -0.25) is 0 Å². The highest BCUT2D eigenvalue weighted by atomic mass is 19.1. The van der Waals surface area contributed by atoms with Gasteiger partial charge in [0.2, 0.25) is 0 Å². The van der Waals surface area contributed by atoms with Crippen molar-refractivity contribution in [2.45, 2.75) is 38.9 Å². The summed E-state index contributed by atoms with van der Waals surface area (Å²) in [7, 11) is 0. The number of aliphatic hydroxyl groups excluding tert-OH is 1. The Morgan fingerprint density at radius 2 is 2.27 bits per heavy atom. The van der Waals surface area contributed by atoms with Gasteiger partial charge in [0.05, 0.1) is 12.7 Å². The van der Waals surface area contributed by atoms with Crippen LogP contribution in [-0.2, 0) is 9.53 Å². The Hall–Kier alpha value is -1.88. The number of halogens is 1. The number of hydrogen-bond acceptors (Lipinski definition) is 4. The van der Waals surface area contributed by atoms with Crippen molar-refractivity contribution < 1.29 is 23.8 Å². The first kappa shape index (κ1) is 16.5. The molecule has 1 fully saturated rings. The quantitative estimate of drug-likeness (QED) is 0.821. The molecule has 1 aromatic carbocycles. The molecule has 0 spiro atoms. The maximum Gasteiger partial charge on any atom is 0.347 e. The zero-order chi connectivity index (χ0) is 16.1. The molecule has 3 atom stereocenters. The third-order valence-electron chi connectivity index (χ3n) is 3.75. The van der Waals surface area contributed by atoms with E-state index in [4.69, 9.17) is 9.47 Å². The molecule has 0 aliphatic carbocycles. The third-order valence-corrected chi connectivity index (χ3v) is 3.75. The number of hydrogen-bond donors (Lipinski definition) is 1. The van der Waals surface area contributed by atoms with Crippen molar-refractivity contribution >= 4 is 12.0 Å². The Labute approximate surface area is 129 Å². The Morgan fingerprint density at radius 1 is 1.50 bits per heavy atom. The van der Waals surface area contributed by atoms with E-state index in [0.717, 1.165) is 0 Å². The van der Waals surface area contributed by atoms with E-state index in [9.17, 15) is 14.3 Å². The summed E-state index contributed by atoms with van der Waals surface area (Å²) in [6.45, 7) is 4.01. The number of carbonyl (C=O) groups is 1. The van der Waals surface area contributed by atoms with Gasteiger partial charge in [-0.15, -0.1) is 0 Å².